The van der Waals surface area contributed by atoms with Crippen molar-refractivity contribution in [3.05, 3.63) is 40.3 Å². The molecule has 0 amide bonds. The Bertz CT molecular complexity index is 563. The number of hydrogen-bond acceptors (Lipinski definition) is 3. The Kier molecular flexibility index (Phi) is 2.63. The molecule has 4 nitrogen and oxygen atoms in total. The highest BCUT2D eigenvalue weighted by atomic mass is 35.5. The predicted octanol–water partition coefficient (Wildman–Crippen LogP) is 2.41. The van der Waals surface area contributed by atoms with Crippen LogP contribution in [-0.4, -0.2) is 14.8 Å². The number of rotatable bonds is 1. The van der Waals surface area contributed by atoms with E-state index in [2.05, 4.69) is 10.1 Å². The van der Waals surface area contributed by atoms with Crippen LogP contribution in [0.3, 0.4) is 0 Å². The van der Waals surface area contributed by atoms with Gasteiger partial charge in [0.15, 0.2) is 5.82 Å². The molecule has 0 bridgehead atoms. The monoisotopic (exact) mass is 232 g/mol. The first-order valence-electron chi connectivity index (χ1n) is 4.71. The van der Waals surface area contributed by atoms with Gasteiger partial charge in [-0.15, -0.1) is 0 Å². The highest BCUT2D eigenvalue weighted by Gasteiger charge is 2.11. The van der Waals surface area contributed by atoms with Crippen LogP contribution in [0.25, 0.3) is 5.82 Å². The minimum absolute atomic E-state index is 0.524. The second-order valence-electron chi connectivity index (χ2n) is 3.41. The fourth-order valence-corrected chi connectivity index (χ4v) is 1.54. The van der Waals surface area contributed by atoms with E-state index in [0.29, 0.717) is 16.4 Å². The predicted molar refractivity (Wildman–Crippen MR) is 60.6 cm³/mol. The molecule has 0 aliphatic rings. The first-order chi connectivity index (χ1) is 7.63. The van der Waals surface area contributed by atoms with E-state index in [1.807, 2.05) is 19.9 Å². The fraction of sp³-hybridized carbons (Fsp3) is 0.182. The molecule has 0 radical (unpaired) electrons. The summed E-state index contributed by atoms with van der Waals surface area (Å²) in [7, 11) is 0. The standard InChI is InChI=1S/C11H9ClN4/c1-7-11(12)8(2)16(15-7)10-4-3-9(5-13)6-14-10/h3-4,6H,1-2H3. The summed E-state index contributed by atoms with van der Waals surface area (Å²) < 4.78 is 1.67. The van der Waals surface area contributed by atoms with E-state index in [0.717, 1.165) is 11.4 Å². The third-order valence-corrected chi connectivity index (χ3v) is 2.84. The largest absolute Gasteiger partial charge is 0.236 e. The fourth-order valence-electron chi connectivity index (χ4n) is 1.42. The van der Waals surface area contributed by atoms with Gasteiger partial charge >= 0.3 is 0 Å². The van der Waals surface area contributed by atoms with Crippen molar-refractivity contribution in [3.8, 4) is 11.9 Å². The summed E-state index contributed by atoms with van der Waals surface area (Å²) in [6.45, 7) is 3.72. The van der Waals surface area contributed by atoms with Crippen molar-refractivity contribution in [2.75, 3.05) is 0 Å². The van der Waals surface area contributed by atoms with Gasteiger partial charge in [-0.05, 0) is 26.0 Å². The van der Waals surface area contributed by atoms with Crippen LogP contribution in [0.2, 0.25) is 5.02 Å². The Morgan fingerprint density at radius 1 is 1.38 bits per heavy atom. The van der Waals surface area contributed by atoms with E-state index >= 15 is 0 Å². The molecule has 0 aliphatic carbocycles. The SMILES string of the molecule is Cc1nn(-c2ccc(C#N)cn2)c(C)c1Cl. The van der Waals surface area contributed by atoms with Gasteiger partial charge in [0, 0.05) is 6.20 Å². The van der Waals surface area contributed by atoms with Crippen LogP contribution in [0, 0.1) is 25.2 Å². The van der Waals surface area contributed by atoms with E-state index in [-0.39, 0.29) is 0 Å². The molecule has 16 heavy (non-hydrogen) atoms. The number of nitrogens with zero attached hydrogens (tertiary/aromatic N) is 4. The maximum Gasteiger partial charge on any atom is 0.153 e. The maximum absolute atomic E-state index is 8.67. The van der Waals surface area contributed by atoms with Crippen LogP contribution >= 0.6 is 11.6 Å². The van der Waals surface area contributed by atoms with Crippen LogP contribution < -0.4 is 0 Å². The zero-order valence-corrected chi connectivity index (χ0v) is 9.65. The van der Waals surface area contributed by atoms with E-state index in [1.165, 1.54) is 6.20 Å². The summed E-state index contributed by atoms with van der Waals surface area (Å²) in [4.78, 5) is 4.15. The lowest BCUT2D eigenvalue weighted by Crippen LogP contribution is -2.01. The minimum Gasteiger partial charge on any atom is -0.236 e. The molecule has 0 spiro atoms. The van der Waals surface area contributed by atoms with Gasteiger partial charge in [0.05, 0.1) is 22.0 Å². The molecular formula is C11H9ClN4. The summed E-state index contributed by atoms with van der Waals surface area (Å²) >= 11 is 6.04. The summed E-state index contributed by atoms with van der Waals surface area (Å²) in [5.41, 5.74) is 2.14. The average molecular weight is 233 g/mol. The molecule has 5 heteroatoms. The number of aryl methyl sites for hydroxylation is 1. The highest BCUT2D eigenvalue weighted by Crippen LogP contribution is 2.21. The van der Waals surface area contributed by atoms with Crippen molar-refractivity contribution >= 4 is 11.6 Å². The van der Waals surface area contributed by atoms with Crippen LogP contribution in [0.1, 0.15) is 17.0 Å². The molecule has 2 rings (SSSR count). The van der Waals surface area contributed by atoms with Crippen molar-refractivity contribution in [2.24, 2.45) is 0 Å². The summed E-state index contributed by atoms with van der Waals surface area (Å²) in [5.74, 6) is 0.659. The van der Waals surface area contributed by atoms with Gasteiger partial charge in [-0.1, -0.05) is 11.6 Å². The third kappa shape index (κ3) is 1.66. The van der Waals surface area contributed by atoms with E-state index in [9.17, 15) is 0 Å². The molecule has 0 N–H and O–H groups in total. The van der Waals surface area contributed by atoms with Crippen LogP contribution in [0.5, 0.6) is 0 Å². The zero-order valence-electron chi connectivity index (χ0n) is 8.90. The Morgan fingerprint density at radius 2 is 2.12 bits per heavy atom. The van der Waals surface area contributed by atoms with Gasteiger partial charge in [-0.2, -0.15) is 10.4 Å². The van der Waals surface area contributed by atoms with Crippen molar-refractivity contribution in [3.63, 3.8) is 0 Å². The molecular weight excluding hydrogens is 224 g/mol. The quantitative estimate of drug-likeness (QED) is 0.759. The number of hydrogen-bond donors (Lipinski definition) is 0. The van der Waals surface area contributed by atoms with Crippen LogP contribution in [0.4, 0.5) is 0 Å². The topological polar surface area (TPSA) is 54.5 Å². The molecule has 2 heterocycles. The van der Waals surface area contributed by atoms with Gasteiger partial charge in [-0.3, -0.25) is 0 Å². The van der Waals surface area contributed by atoms with Crippen LogP contribution in [-0.2, 0) is 0 Å². The molecule has 0 saturated carbocycles. The van der Waals surface area contributed by atoms with Crippen molar-refractivity contribution in [1.82, 2.24) is 14.8 Å². The lowest BCUT2D eigenvalue weighted by Gasteiger charge is -2.02. The number of nitriles is 1. The molecule has 0 fully saturated rings. The second kappa shape index (κ2) is 3.95. The van der Waals surface area contributed by atoms with Crippen molar-refractivity contribution in [2.45, 2.75) is 13.8 Å². The molecule has 2 aromatic heterocycles. The Hall–Kier alpha value is -1.86. The molecule has 0 atom stereocenters. The number of aromatic nitrogens is 3. The average Bonchev–Trinajstić information content (AvgIpc) is 2.57. The van der Waals surface area contributed by atoms with Crippen LogP contribution in [0.15, 0.2) is 18.3 Å². The number of halogens is 1. The molecule has 80 valence electrons. The molecule has 0 saturated heterocycles. The summed E-state index contributed by atoms with van der Waals surface area (Å²) in [6, 6.07) is 5.46. The first-order valence-corrected chi connectivity index (χ1v) is 5.09. The van der Waals surface area contributed by atoms with E-state index in [4.69, 9.17) is 16.9 Å². The van der Waals surface area contributed by atoms with Crippen molar-refractivity contribution in [1.29, 1.82) is 5.26 Å². The second-order valence-corrected chi connectivity index (χ2v) is 3.79. The van der Waals surface area contributed by atoms with E-state index < -0.39 is 0 Å². The molecule has 0 unspecified atom stereocenters. The normalized spacial score (nSPS) is 10.1. The Morgan fingerprint density at radius 3 is 2.56 bits per heavy atom. The maximum atomic E-state index is 8.67. The van der Waals surface area contributed by atoms with Gasteiger partial charge in [0.2, 0.25) is 0 Å². The zero-order chi connectivity index (χ0) is 11.7. The number of pyridine rings is 1. The van der Waals surface area contributed by atoms with Gasteiger partial charge in [0.25, 0.3) is 0 Å². The molecule has 2 aromatic rings. The lowest BCUT2D eigenvalue weighted by molar-refractivity contribution is 0.806. The van der Waals surface area contributed by atoms with E-state index in [1.54, 1.807) is 16.8 Å². The van der Waals surface area contributed by atoms with Gasteiger partial charge in [-0.25, -0.2) is 9.67 Å². The van der Waals surface area contributed by atoms with Gasteiger partial charge < -0.3 is 0 Å². The summed E-state index contributed by atoms with van der Waals surface area (Å²) in [5, 5.41) is 13.6. The molecule has 0 aromatic carbocycles. The smallest absolute Gasteiger partial charge is 0.153 e. The van der Waals surface area contributed by atoms with Crippen molar-refractivity contribution < 1.29 is 0 Å². The Labute approximate surface area is 98.1 Å². The van der Waals surface area contributed by atoms with Gasteiger partial charge in [0.1, 0.15) is 6.07 Å². The minimum atomic E-state index is 0.524. The summed E-state index contributed by atoms with van der Waals surface area (Å²) in [6.07, 6.45) is 1.51. The Balaban J connectivity index is 2.51. The highest BCUT2D eigenvalue weighted by molar-refractivity contribution is 6.31. The molecule has 0 aliphatic heterocycles. The lowest BCUT2D eigenvalue weighted by atomic mass is 10.3. The first kappa shape index (κ1) is 10.7. The third-order valence-electron chi connectivity index (χ3n) is 2.30.